The molecule has 0 aliphatic carbocycles. The third kappa shape index (κ3) is 3.25. The summed E-state index contributed by atoms with van der Waals surface area (Å²) in [6.45, 7) is -0.388. The Balaban J connectivity index is 2.14. The van der Waals surface area contributed by atoms with Crippen LogP contribution in [0, 0.1) is 0 Å². The number of ether oxygens (including phenoxy) is 1. The van der Waals surface area contributed by atoms with Crippen LogP contribution in [0.5, 0.6) is 0 Å². The lowest BCUT2D eigenvalue weighted by Crippen LogP contribution is -2.29. The van der Waals surface area contributed by atoms with E-state index in [2.05, 4.69) is 5.32 Å². The van der Waals surface area contributed by atoms with Crippen molar-refractivity contribution in [2.24, 2.45) is 0 Å². The van der Waals surface area contributed by atoms with Crippen LogP contribution in [0.4, 0.5) is 5.69 Å². The van der Waals surface area contributed by atoms with Crippen molar-refractivity contribution < 1.29 is 23.9 Å². The molecule has 1 aromatic carbocycles. The average Bonchev–Trinajstić information content (AvgIpc) is 2.83. The van der Waals surface area contributed by atoms with Crippen LogP contribution in [-0.4, -0.2) is 37.3 Å². The number of anilines is 1. The van der Waals surface area contributed by atoms with Gasteiger partial charge in [0.05, 0.1) is 11.3 Å². The Hall–Kier alpha value is -2.70. The molecule has 1 aliphatic rings. The van der Waals surface area contributed by atoms with Gasteiger partial charge in [-0.3, -0.25) is 19.3 Å². The maximum absolute atomic E-state index is 11.8. The SMILES string of the molecule is CNC(=O)COC(=O)c1cccc(N2C(=O)CCC2=O)c1. The van der Waals surface area contributed by atoms with Crippen molar-refractivity contribution in [1.82, 2.24) is 5.32 Å². The van der Waals surface area contributed by atoms with E-state index in [1.165, 1.54) is 19.2 Å². The van der Waals surface area contributed by atoms with E-state index in [0.717, 1.165) is 4.90 Å². The van der Waals surface area contributed by atoms with Gasteiger partial charge in [0.1, 0.15) is 0 Å². The van der Waals surface area contributed by atoms with Crippen molar-refractivity contribution in [2.75, 3.05) is 18.6 Å². The Labute approximate surface area is 120 Å². The summed E-state index contributed by atoms with van der Waals surface area (Å²) in [6, 6.07) is 6.00. The topological polar surface area (TPSA) is 92.8 Å². The minimum Gasteiger partial charge on any atom is -0.452 e. The second-order valence-corrected chi connectivity index (χ2v) is 4.42. The average molecular weight is 290 g/mol. The smallest absolute Gasteiger partial charge is 0.338 e. The highest BCUT2D eigenvalue weighted by molar-refractivity contribution is 6.20. The van der Waals surface area contributed by atoms with Gasteiger partial charge in [-0.05, 0) is 18.2 Å². The van der Waals surface area contributed by atoms with Gasteiger partial charge in [-0.25, -0.2) is 4.79 Å². The number of nitrogens with zero attached hydrogens (tertiary/aromatic N) is 1. The molecule has 0 radical (unpaired) electrons. The number of rotatable bonds is 4. The molecule has 1 fully saturated rings. The number of hydrogen-bond acceptors (Lipinski definition) is 5. The minimum absolute atomic E-state index is 0.170. The molecule has 21 heavy (non-hydrogen) atoms. The van der Waals surface area contributed by atoms with E-state index in [-0.39, 0.29) is 36.8 Å². The molecule has 1 saturated heterocycles. The summed E-state index contributed by atoms with van der Waals surface area (Å²) in [4.78, 5) is 47.2. The molecule has 7 nitrogen and oxygen atoms in total. The first-order chi connectivity index (χ1) is 10.0. The Morgan fingerprint density at radius 2 is 1.90 bits per heavy atom. The predicted octanol–water partition coefficient (Wildman–Crippen LogP) is 0.243. The standard InChI is InChI=1S/C14H14N2O5/c1-15-11(17)8-21-14(20)9-3-2-4-10(7-9)16-12(18)5-6-13(16)19/h2-4,7H,5-6,8H2,1H3,(H,15,17). The Morgan fingerprint density at radius 3 is 2.52 bits per heavy atom. The highest BCUT2D eigenvalue weighted by atomic mass is 16.5. The van der Waals surface area contributed by atoms with E-state index < -0.39 is 11.9 Å². The zero-order chi connectivity index (χ0) is 15.4. The van der Waals surface area contributed by atoms with Gasteiger partial charge in [0.2, 0.25) is 11.8 Å². The third-order valence-corrected chi connectivity index (χ3v) is 3.00. The Morgan fingerprint density at radius 1 is 1.24 bits per heavy atom. The molecule has 1 aliphatic heterocycles. The van der Waals surface area contributed by atoms with Gasteiger partial charge in [-0.1, -0.05) is 6.07 Å². The van der Waals surface area contributed by atoms with Gasteiger partial charge in [0.15, 0.2) is 6.61 Å². The summed E-state index contributed by atoms with van der Waals surface area (Å²) >= 11 is 0. The zero-order valence-corrected chi connectivity index (χ0v) is 11.4. The number of carbonyl (C=O) groups is 4. The number of carbonyl (C=O) groups excluding carboxylic acids is 4. The van der Waals surface area contributed by atoms with Gasteiger partial charge >= 0.3 is 5.97 Å². The summed E-state index contributed by atoms with van der Waals surface area (Å²) in [6.07, 6.45) is 0.342. The van der Waals surface area contributed by atoms with Crippen LogP contribution in [0.3, 0.4) is 0 Å². The van der Waals surface area contributed by atoms with E-state index in [9.17, 15) is 19.2 Å². The lowest BCUT2D eigenvalue weighted by Gasteiger charge is -2.14. The fraction of sp³-hybridized carbons (Fsp3) is 0.286. The van der Waals surface area contributed by atoms with Crippen molar-refractivity contribution in [3.63, 3.8) is 0 Å². The second kappa shape index (κ2) is 6.17. The van der Waals surface area contributed by atoms with E-state index >= 15 is 0 Å². The number of imide groups is 1. The quantitative estimate of drug-likeness (QED) is 0.633. The first kappa shape index (κ1) is 14.7. The molecule has 0 bridgehead atoms. The summed E-state index contributed by atoms with van der Waals surface area (Å²) < 4.78 is 4.81. The lowest BCUT2D eigenvalue weighted by molar-refractivity contribution is -0.124. The molecular weight excluding hydrogens is 276 g/mol. The fourth-order valence-electron chi connectivity index (χ4n) is 1.92. The van der Waals surface area contributed by atoms with Crippen LogP contribution in [0.2, 0.25) is 0 Å². The van der Waals surface area contributed by atoms with Gasteiger partial charge in [-0.2, -0.15) is 0 Å². The molecule has 0 saturated carbocycles. The first-order valence-electron chi connectivity index (χ1n) is 6.36. The van der Waals surface area contributed by atoms with Crippen LogP contribution in [0.1, 0.15) is 23.2 Å². The molecule has 0 atom stereocenters. The van der Waals surface area contributed by atoms with E-state index in [0.29, 0.717) is 5.69 Å². The molecule has 0 spiro atoms. The Kier molecular flexibility index (Phi) is 4.32. The van der Waals surface area contributed by atoms with Crippen molar-refractivity contribution in [3.8, 4) is 0 Å². The zero-order valence-electron chi connectivity index (χ0n) is 11.4. The number of benzene rings is 1. The molecule has 3 amide bonds. The molecule has 7 heteroatoms. The van der Waals surface area contributed by atoms with Gasteiger partial charge < -0.3 is 10.1 Å². The molecule has 0 aromatic heterocycles. The molecule has 1 aromatic rings. The molecule has 110 valence electrons. The molecule has 0 unspecified atom stereocenters. The number of hydrogen-bond donors (Lipinski definition) is 1. The van der Waals surface area contributed by atoms with Gasteiger partial charge in [0, 0.05) is 19.9 Å². The van der Waals surface area contributed by atoms with Crippen LogP contribution in [-0.2, 0) is 19.1 Å². The van der Waals surface area contributed by atoms with E-state index in [1.807, 2.05) is 0 Å². The van der Waals surface area contributed by atoms with Crippen molar-refractivity contribution in [2.45, 2.75) is 12.8 Å². The fourth-order valence-corrected chi connectivity index (χ4v) is 1.92. The van der Waals surface area contributed by atoms with Gasteiger partial charge in [0.25, 0.3) is 5.91 Å². The molecule has 1 heterocycles. The van der Waals surface area contributed by atoms with Crippen LogP contribution >= 0.6 is 0 Å². The largest absolute Gasteiger partial charge is 0.452 e. The normalized spacial score (nSPS) is 14.2. The van der Waals surface area contributed by atoms with Crippen LogP contribution < -0.4 is 10.2 Å². The van der Waals surface area contributed by atoms with Crippen molar-refractivity contribution in [1.29, 1.82) is 0 Å². The maximum atomic E-state index is 11.8. The van der Waals surface area contributed by atoms with E-state index in [1.54, 1.807) is 12.1 Å². The predicted molar refractivity (Wildman–Crippen MR) is 72.5 cm³/mol. The Bertz CT molecular complexity index is 595. The van der Waals surface area contributed by atoms with E-state index in [4.69, 9.17) is 4.74 Å². The number of amides is 3. The highest BCUT2D eigenvalue weighted by Gasteiger charge is 2.30. The summed E-state index contributed by atoms with van der Waals surface area (Å²) in [5, 5.41) is 2.33. The summed E-state index contributed by atoms with van der Waals surface area (Å²) in [7, 11) is 1.43. The number of likely N-dealkylation sites (N-methyl/N-ethyl adjacent to an activating group) is 1. The van der Waals surface area contributed by atoms with Crippen LogP contribution in [0.15, 0.2) is 24.3 Å². The van der Waals surface area contributed by atoms with Gasteiger partial charge in [-0.15, -0.1) is 0 Å². The molecule has 2 rings (SSSR count). The third-order valence-electron chi connectivity index (χ3n) is 3.00. The second-order valence-electron chi connectivity index (χ2n) is 4.42. The summed E-state index contributed by atoms with van der Waals surface area (Å²) in [5.41, 5.74) is 0.501. The first-order valence-corrected chi connectivity index (χ1v) is 6.36. The maximum Gasteiger partial charge on any atom is 0.338 e. The molecular formula is C14H14N2O5. The molecule has 1 N–H and O–H groups in total. The number of nitrogens with one attached hydrogen (secondary N) is 1. The van der Waals surface area contributed by atoms with Crippen molar-refractivity contribution >= 4 is 29.4 Å². The van der Waals surface area contributed by atoms with Crippen molar-refractivity contribution in [3.05, 3.63) is 29.8 Å². The lowest BCUT2D eigenvalue weighted by atomic mass is 10.2. The number of esters is 1. The summed E-state index contributed by atoms with van der Waals surface area (Å²) in [5.74, 6) is -1.71. The van der Waals surface area contributed by atoms with Crippen LogP contribution in [0.25, 0.3) is 0 Å². The monoisotopic (exact) mass is 290 g/mol. The highest BCUT2D eigenvalue weighted by Crippen LogP contribution is 2.23. The minimum atomic E-state index is -0.695.